The Hall–Kier alpha value is 0.0249. The summed E-state index contributed by atoms with van der Waals surface area (Å²) in [7, 11) is 1.95. The molecule has 0 saturated heterocycles. The Balaban J connectivity index is 2.54. The molecule has 1 N–H and O–H groups in total. The van der Waals surface area contributed by atoms with Crippen molar-refractivity contribution in [3.8, 4) is 0 Å². The molecular formula is C3H9BO. The summed E-state index contributed by atoms with van der Waals surface area (Å²) in [6.45, 7) is 1.78. The number of rotatable bonds is 1. The van der Waals surface area contributed by atoms with Crippen LogP contribution >= 0.6 is 0 Å². The first kappa shape index (κ1) is 5.02. The van der Waals surface area contributed by atoms with E-state index in [0.29, 0.717) is 0 Å². The Labute approximate surface area is 33.4 Å². The Morgan fingerprint density at radius 1 is 2.00 bits per heavy atom. The van der Waals surface area contributed by atoms with E-state index in [1.165, 1.54) is 0 Å². The van der Waals surface area contributed by atoms with E-state index in [9.17, 15) is 0 Å². The lowest BCUT2D eigenvalue weighted by Crippen LogP contribution is -1.94. The second-order valence-electron chi connectivity index (χ2n) is 1.26. The molecule has 0 aliphatic heterocycles. The van der Waals surface area contributed by atoms with Crippen LogP contribution < -0.4 is 0 Å². The molecule has 0 radical (unpaired) electrons. The molecule has 0 amide bonds. The van der Waals surface area contributed by atoms with Crippen LogP contribution in [0.1, 0.15) is 6.92 Å². The molecule has 30 valence electrons. The van der Waals surface area contributed by atoms with Gasteiger partial charge in [-0.05, 0) is 6.92 Å². The minimum Gasteiger partial charge on any atom is -0.394 e. The van der Waals surface area contributed by atoms with Crippen LogP contribution in [0.25, 0.3) is 0 Å². The van der Waals surface area contributed by atoms with Gasteiger partial charge < -0.3 is 5.11 Å². The highest BCUT2D eigenvalue weighted by molar-refractivity contribution is 6.08. The van der Waals surface area contributed by atoms with Gasteiger partial charge in [0.25, 0.3) is 0 Å². The van der Waals surface area contributed by atoms with E-state index >= 15 is 0 Å². The van der Waals surface area contributed by atoms with Crippen molar-refractivity contribution in [2.45, 2.75) is 19.3 Å². The van der Waals surface area contributed by atoms with Crippen molar-refractivity contribution in [3.05, 3.63) is 0 Å². The lowest BCUT2D eigenvalue weighted by atomic mass is 10.0. The smallest absolute Gasteiger partial charge is 0.104 e. The van der Waals surface area contributed by atoms with Crippen molar-refractivity contribution in [3.63, 3.8) is 0 Å². The highest BCUT2D eigenvalue weighted by atomic mass is 16.3. The molecule has 0 rings (SSSR count). The standard InChI is InChI=1S/C3H9BO/c1-3(5)2-4/h3,5H,2,4H2,1H3. The molecule has 0 aliphatic rings. The summed E-state index contributed by atoms with van der Waals surface area (Å²) < 4.78 is 0. The van der Waals surface area contributed by atoms with Gasteiger partial charge in [-0.15, -0.1) is 0 Å². The quantitative estimate of drug-likeness (QED) is 0.411. The fraction of sp³-hybridized carbons (Fsp3) is 1.00. The summed E-state index contributed by atoms with van der Waals surface area (Å²) in [6, 6.07) is 0. The van der Waals surface area contributed by atoms with Gasteiger partial charge in [-0.25, -0.2) is 0 Å². The normalized spacial score (nSPS) is 14.8. The summed E-state index contributed by atoms with van der Waals surface area (Å²) in [6.07, 6.45) is 0.745. The van der Waals surface area contributed by atoms with E-state index in [1.807, 2.05) is 7.85 Å². The topological polar surface area (TPSA) is 20.2 Å². The van der Waals surface area contributed by atoms with Gasteiger partial charge >= 0.3 is 0 Å². The molecule has 0 saturated carbocycles. The van der Waals surface area contributed by atoms with Gasteiger partial charge in [0.05, 0.1) is 0 Å². The van der Waals surface area contributed by atoms with Gasteiger partial charge in [-0.3, -0.25) is 0 Å². The first-order valence-corrected chi connectivity index (χ1v) is 1.95. The molecule has 0 fully saturated rings. The van der Waals surface area contributed by atoms with Gasteiger partial charge in [-0.2, -0.15) is 0 Å². The van der Waals surface area contributed by atoms with Crippen molar-refractivity contribution in [2.24, 2.45) is 0 Å². The molecule has 2 heteroatoms. The molecule has 0 heterocycles. The SMILES string of the molecule is BCC(C)O. The zero-order valence-electron chi connectivity index (χ0n) is 3.73. The lowest BCUT2D eigenvalue weighted by Gasteiger charge is -1.90. The number of hydrogen-bond acceptors (Lipinski definition) is 1. The average Bonchev–Trinajstić information content (AvgIpc) is 1.38. The number of hydrogen-bond donors (Lipinski definition) is 1. The summed E-state index contributed by atoms with van der Waals surface area (Å²) in [5, 5.41) is 8.36. The Morgan fingerprint density at radius 2 is 2.20 bits per heavy atom. The fourth-order valence-electron chi connectivity index (χ4n) is 0. The molecule has 0 aliphatic carbocycles. The number of aliphatic hydroxyl groups is 1. The van der Waals surface area contributed by atoms with Gasteiger partial charge in [0, 0.05) is 6.10 Å². The van der Waals surface area contributed by atoms with Crippen molar-refractivity contribution in [2.75, 3.05) is 0 Å². The van der Waals surface area contributed by atoms with Gasteiger partial charge in [-0.1, -0.05) is 6.32 Å². The molecule has 5 heavy (non-hydrogen) atoms. The van der Waals surface area contributed by atoms with Crippen molar-refractivity contribution in [1.82, 2.24) is 0 Å². The maximum atomic E-state index is 8.36. The number of aliphatic hydroxyl groups excluding tert-OH is 1. The molecule has 0 spiro atoms. The van der Waals surface area contributed by atoms with Crippen LogP contribution in [0.4, 0.5) is 0 Å². The van der Waals surface area contributed by atoms with Crippen LogP contribution in [-0.4, -0.2) is 19.1 Å². The molecule has 0 aromatic heterocycles. The first-order chi connectivity index (χ1) is 2.27. The fourth-order valence-corrected chi connectivity index (χ4v) is 0. The summed E-state index contributed by atoms with van der Waals surface area (Å²) in [5.41, 5.74) is 0. The minimum absolute atomic E-state index is 0.116. The molecule has 1 nitrogen and oxygen atoms in total. The molecule has 1 atom stereocenters. The third-order valence-corrected chi connectivity index (χ3v) is 0.591. The second-order valence-corrected chi connectivity index (χ2v) is 1.26. The predicted molar refractivity (Wildman–Crippen MR) is 25.0 cm³/mol. The summed E-state index contributed by atoms with van der Waals surface area (Å²) in [5.74, 6) is 0. The Bertz CT molecular complexity index is 20.9. The zero-order chi connectivity index (χ0) is 4.28. The van der Waals surface area contributed by atoms with Crippen LogP contribution in [0.3, 0.4) is 0 Å². The van der Waals surface area contributed by atoms with E-state index in [4.69, 9.17) is 5.11 Å². The zero-order valence-corrected chi connectivity index (χ0v) is 3.73. The molecule has 1 unspecified atom stereocenters. The average molecular weight is 71.9 g/mol. The highest BCUT2D eigenvalue weighted by Gasteiger charge is 1.82. The lowest BCUT2D eigenvalue weighted by molar-refractivity contribution is 0.216. The third-order valence-electron chi connectivity index (χ3n) is 0.591. The van der Waals surface area contributed by atoms with E-state index in [2.05, 4.69) is 0 Å². The van der Waals surface area contributed by atoms with Crippen molar-refractivity contribution < 1.29 is 5.11 Å². The van der Waals surface area contributed by atoms with Crippen molar-refractivity contribution in [1.29, 1.82) is 0 Å². The molecular weight excluding hydrogens is 62.8 g/mol. The van der Waals surface area contributed by atoms with Crippen LogP contribution in [0, 0.1) is 0 Å². The van der Waals surface area contributed by atoms with E-state index in [0.717, 1.165) is 6.32 Å². The maximum Gasteiger partial charge on any atom is 0.104 e. The monoisotopic (exact) mass is 72.1 g/mol. The summed E-state index contributed by atoms with van der Waals surface area (Å²) in [4.78, 5) is 0. The van der Waals surface area contributed by atoms with E-state index in [-0.39, 0.29) is 6.10 Å². The Kier molecular flexibility index (Phi) is 2.28. The minimum atomic E-state index is -0.116. The van der Waals surface area contributed by atoms with Crippen LogP contribution in [0.2, 0.25) is 6.32 Å². The third kappa shape index (κ3) is 4.02. The van der Waals surface area contributed by atoms with Gasteiger partial charge in [0.1, 0.15) is 7.85 Å². The first-order valence-electron chi connectivity index (χ1n) is 1.95. The second kappa shape index (κ2) is 2.27. The Morgan fingerprint density at radius 3 is 2.20 bits per heavy atom. The van der Waals surface area contributed by atoms with Crippen LogP contribution in [0.5, 0.6) is 0 Å². The van der Waals surface area contributed by atoms with Gasteiger partial charge in [0.15, 0.2) is 0 Å². The molecule has 0 aromatic carbocycles. The predicted octanol–water partition coefficient (Wildman–Crippen LogP) is -0.581. The van der Waals surface area contributed by atoms with E-state index in [1.54, 1.807) is 6.92 Å². The van der Waals surface area contributed by atoms with Crippen LogP contribution in [0.15, 0.2) is 0 Å². The largest absolute Gasteiger partial charge is 0.394 e. The molecule has 0 bridgehead atoms. The van der Waals surface area contributed by atoms with Crippen LogP contribution in [-0.2, 0) is 0 Å². The van der Waals surface area contributed by atoms with E-state index < -0.39 is 0 Å². The maximum absolute atomic E-state index is 8.36. The van der Waals surface area contributed by atoms with Gasteiger partial charge in [0.2, 0.25) is 0 Å². The molecule has 0 aromatic rings. The highest BCUT2D eigenvalue weighted by Crippen LogP contribution is 1.79. The van der Waals surface area contributed by atoms with Crippen molar-refractivity contribution >= 4 is 7.85 Å². The summed E-state index contributed by atoms with van der Waals surface area (Å²) >= 11 is 0.